The van der Waals surface area contributed by atoms with Crippen molar-refractivity contribution in [2.24, 2.45) is 5.92 Å². The molecule has 35 heavy (non-hydrogen) atoms. The van der Waals surface area contributed by atoms with Gasteiger partial charge in [-0.3, -0.25) is 9.88 Å². The van der Waals surface area contributed by atoms with Crippen LogP contribution in [0.3, 0.4) is 0 Å². The number of nitrogens with one attached hydrogen (secondary N) is 2. The van der Waals surface area contributed by atoms with Crippen LogP contribution >= 0.6 is 0 Å². The number of fused-ring (bicyclic) bond motifs is 1. The molecule has 4 rings (SSSR count). The van der Waals surface area contributed by atoms with Gasteiger partial charge in [-0.2, -0.15) is 0 Å². The van der Waals surface area contributed by atoms with Crippen molar-refractivity contribution in [3.05, 3.63) is 77.6 Å². The lowest BCUT2D eigenvalue weighted by atomic mass is 9.91. The molecule has 0 radical (unpaired) electrons. The minimum Gasteiger partial charge on any atom is -0.392 e. The van der Waals surface area contributed by atoms with Gasteiger partial charge >= 0.3 is 0 Å². The normalized spacial score (nSPS) is 17.1. The van der Waals surface area contributed by atoms with E-state index in [2.05, 4.69) is 83.8 Å². The van der Waals surface area contributed by atoms with Gasteiger partial charge in [0.05, 0.1) is 6.10 Å². The molecule has 1 aliphatic rings. The fraction of sp³-hybridized carbons (Fsp3) is 0.379. The second-order valence-corrected chi connectivity index (χ2v) is 9.57. The van der Waals surface area contributed by atoms with Crippen LogP contribution in [-0.4, -0.2) is 52.8 Å². The van der Waals surface area contributed by atoms with Gasteiger partial charge in [-0.15, -0.1) is 0 Å². The molecule has 0 spiro atoms. The summed E-state index contributed by atoms with van der Waals surface area (Å²) in [5.41, 5.74) is 7.07. The van der Waals surface area contributed by atoms with Gasteiger partial charge in [-0.05, 0) is 59.7 Å². The van der Waals surface area contributed by atoms with E-state index >= 15 is 0 Å². The Morgan fingerprint density at radius 3 is 2.86 bits per heavy atom. The van der Waals surface area contributed by atoms with Gasteiger partial charge in [0.2, 0.25) is 0 Å². The molecule has 3 N–H and O–H groups in total. The first kappa shape index (κ1) is 24.9. The molecule has 184 valence electrons. The van der Waals surface area contributed by atoms with Crippen LogP contribution in [0.1, 0.15) is 37.0 Å². The predicted molar refractivity (Wildman–Crippen MR) is 147 cm³/mol. The summed E-state index contributed by atoms with van der Waals surface area (Å²) in [6.07, 6.45) is 10.8. The minimum atomic E-state index is -0.203. The number of anilines is 2. The van der Waals surface area contributed by atoms with Crippen LogP contribution in [0, 0.1) is 12.8 Å². The molecular weight excluding hydrogens is 434 g/mol. The van der Waals surface area contributed by atoms with E-state index in [1.165, 1.54) is 16.7 Å². The second-order valence-electron chi connectivity index (χ2n) is 9.57. The van der Waals surface area contributed by atoms with E-state index in [0.717, 1.165) is 54.0 Å². The van der Waals surface area contributed by atoms with Crippen LogP contribution in [0.5, 0.6) is 0 Å². The van der Waals surface area contributed by atoms with Gasteiger partial charge in [0.15, 0.2) is 5.82 Å². The third-order valence-electron chi connectivity index (χ3n) is 6.64. The Morgan fingerprint density at radius 1 is 1.26 bits per heavy atom. The number of allylic oxidation sites excluding steroid dienone is 3. The number of β-amino-alcohol motifs (C(OH)–C–C–N with tert-alkyl or cyclic N) is 1. The minimum absolute atomic E-state index is 0.203. The highest BCUT2D eigenvalue weighted by molar-refractivity contribution is 5.88. The quantitative estimate of drug-likeness (QED) is 0.370. The first-order valence-electron chi connectivity index (χ1n) is 12.5. The van der Waals surface area contributed by atoms with Crippen LogP contribution in [0.25, 0.3) is 16.5 Å². The number of hydrogen-bond donors (Lipinski definition) is 3. The maximum atomic E-state index is 9.77. The Bertz CT molecular complexity index is 1220. The topological polar surface area (TPSA) is 73.3 Å². The van der Waals surface area contributed by atoms with E-state index in [1.54, 1.807) is 0 Å². The van der Waals surface area contributed by atoms with E-state index in [1.807, 2.05) is 25.5 Å². The number of aliphatic hydroxyl groups is 1. The lowest BCUT2D eigenvalue weighted by Gasteiger charge is -2.16. The monoisotopic (exact) mass is 471 g/mol. The molecular formula is C29H37N5O. The molecule has 1 aromatic carbocycles. The molecule has 1 fully saturated rings. The summed E-state index contributed by atoms with van der Waals surface area (Å²) in [4.78, 5) is 11.5. The van der Waals surface area contributed by atoms with Crippen LogP contribution in [0.2, 0.25) is 0 Å². The number of likely N-dealkylation sites (tertiary alicyclic amines) is 1. The van der Waals surface area contributed by atoms with Gasteiger partial charge in [-0.25, -0.2) is 4.98 Å². The molecule has 0 bridgehead atoms. The average Bonchev–Trinajstić information content (AvgIpc) is 3.26. The largest absolute Gasteiger partial charge is 0.392 e. The Labute approximate surface area is 208 Å². The smallest absolute Gasteiger partial charge is 0.152 e. The lowest BCUT2D eigenvalue weighted by molar-refractivity contribution is 0.175. The summed E-state index contributed by atoms with van der Waals surface area (Å²) in [6, 6.07) is 10.6. The Hall–Kier alpha value is -3.22. The Balaban J connectivity index is 1.43. The zero-order valence-corrected chi connectivity index (χ0v) is 21.3. The van der Waals surface area contributed by atoms with Gasteiger partial charge in [0, 0.05) is 56.7 Å². The molecule has 1 unspecified atom stereocenters. The fourth-order valence-electron chi connectivity index (χ4n) is 4.74. The van der Waals surface area contributed by atoms with E-state index in [-0.39, 0.29) is 6.10 Å². The maximum Gasteiger partial charge on any atom is 0.152 e. The zero-order chi connectivity index (χ0) is 24.8. The molecule has 1 saturated heterocycles. The molecule has 0 saturated carbocycles. The zero-order valence-electron chi connectivity index (χ0n) is 21.3. The van der Waals surface area contributed by atoms with Gasteiger partial charge in [0.25, 0.3) is 0 Å². The van der Waals surface area contributed by atoms with E-state index in [9.17, 15) is 5.11 Å². The lowest BCUT2D eigenvalue weighted by Crippen LogP contribution is -2.21. The number of rotatable bonds is 9. The average molecular weight is 472 g/mol. The van der Waals surface area contributed by atoms with Crippen molar-refractivity contribution in [2.75, 3.05) is 37.3 Å². The van der Waals surface area contributed by atoms with Gasteiger partial charge < -0.3 is 15.7 Å². The molecule has 0 aliphatic carbocycles. The number of benzene rings is 1. The van der Waals surface area contributed by atoms with E-state index in [4.69, 9.17) is 4.98 Å². The van der Waals surface area contributed by atoms with Crippen molar-refractivity contribution in [3.63, 3.8) is 0 Å². The highest BCUT2D eigenvalue weighted by atomic mass is 16.3. The number of nitrogens with zero attached hydrogens (tertiary/aromatic N) is 3. The van der Waals surface area contributed by atoms with Crippen molar-refractivity contribution in [3.8, 4) is 0 Å². The molecule has 3 aromatic rings. The standard InChI is InChI=1S/C29H37N5O/c1-20(2)25(26-9-7-10-27(30-4)21(26)3)8-5-6-13-31-29-28-23(11-14-32-29)16-22(17-33-28)18-34-15-12-24(35)19-34/h5-11,14,16-17,20,24,30,35H,12-13,15,18-19H2,1-4H3,(H,31,32)/b6-5-,25-8+. The van der Waals surface area contributed by atoms with Crippen LogP contribution in [-0.2, 0) is 6.54 Å². The molecule has 6 heteroatoms. The van der Waals surface area contributed by atoms with Crippen molar-refractivity contribution < 1.29 is 5.11 Å². The fourth-order valence-corrected chi connectivity index (χ4v) is 4.74. The molecule has 1 aliphatic heterocycles. The molecule has 3 heterocycles. The number of aliphatic hydroxyl groups excluding tert-OH is 1. The first-order valence-corrected chi connectivity index (χ1v) is 12.5. The first-order chi connectivity index (χ1) is 17.0. The van der Waals surface area contributed by atoms with Crippen molar-refractivity contribution in [2.45, 2.75) is 39.8 Å². The Kier molecular flexibility index (Phi) is 8.16. The summed E-state index contributed by atoms with van der Waals surface area (Å²) >= 11 is 0. The number of pyridine rings is 2. The van der Waals surface area contributed by atoms with Crippen LogP contribution in [0.4, 0.5) is 11.5 Å². The third-order valence-corrected chi connectivity index (χ3v) is 6.64. The summed E-state index contributed by atoms with van der Waals surface area (Å²) in [7, 11) is 1.96. The summed E-state index contributed by atoms with van der Waals surface area (Å²) in [5.74, 6) is 1.21. The highest BCUT2D eigenvalue weighted by Crippen LogP contribution is 2.30. The summed E-state index contributed by atoms with van der Waals surface area (Å²) in [6.45, 7) is 9.78. The van der Waals surface area contributed by atoms with Crippen molar-refractivity contribution >= 4 is 28.0 Å². The SMILES string of the molecule is CNc1cccc(/C(=C/C=C\CNc2nccc3cc(CN4CCC(O)C4)cnc23)C(C)C)c1C. The van der Waals surface area contributed by atoms with Crippen LogP contribution in [0.15, 0.2) is 61.0 Å². The van der Waals surface area contributed by atoms with Crippen LogP contribution < -0.4 is 10.6 Å². The predicted octanol–water partition coefficient (Wildman–Crippen LogP) is 5.25. The summed E-state index contributed by atoms with van der Waals surface area (Å²) in [5, 5.41) is 17.5. The maximum absolute atomic E-state index is 9.77. The van der Waals surface area contributed by atoms with Gasteiger partial charge in [0.1, 0.15) is 5.52 Å². The summed E-state index contributed by atoms with van der Waals surface area (Å²) < 4.78 is 0. The van der Waals surface area contributed by atoms with E-state index < -0.39 is 0 Å². The molecule has 0 amide bonds. The Morgan fingerprint density at radius 2 is 2.11 bits per heavy atom. The van der Waals surface area contributed by atoms with Crippen molar-refractivity contribution in [1.82, 2.24) is 14.9 Å². The second kappa shape index (κ2) is 11.5. The molecule has 6 nitrogen and oxygen atoms in total. The molecule has 2 aromatic heterocycles. The highest BCUT2D eigenvalue weighted by Gasteiger charge is 2.20. The van der Waals surface area contributed by atoms with E-state index in [0.29, 0.717) is 12.5 Å². The van der Waals surface area contributed by atoms with Crippen molar-refractivity contribution in [1.29, 1.82) is 0 Å². The van der Waals surface area contributed by atoms with Gasteiger partial charge in [-0.1, -0.05) is 44.2 Å². The number of aromatic nitrogens is 2. The third kappa shape index (κ3) is 6.08. The molecule has 1 atom stereocenters. The number of hydrogen-bond acceptors (Lipinski definition) is 6.